The fourth-order valence-corrected chi connectivity index (χ4v) is 2.34. The average Bonchev–Trinajstić information content (AvgIpc) is 2.62. The maximum absolute atomic E-state index is 11.2. The van der Waals surface area contributed by atoms with Crippen molar-refractivity contribution in [3.63, 3.8) is 0 Å². The quantitative estimate of drug-likeness (QED) is 0.622. The molecule has 0 saturated heterocycles. The van der Waals surface area contributed by atoms with Crippen molar-refractivity contribution in [1.29, 1.82) is 0 Å². The summed E-state index contributed by atoms with van der Waals surface area (Å²) >= 11 is 0. The standard InChI is InChI=1S/C19H22N2O2/c1-20-17-11-9-15(10-12-17)18(16-6-5-13-21-14-16)7-3-4-8-19(22)23-2/h5-7,9-14,20H,3-4,8H2,1-2H3. The zero-order valence-electron chi connectivity index (χ0n) is 13.6. The van der Waals surface area contributed by atoms with Crippen LogP contribution in [-0.2, 0) is 9.53 Å². The minimum Gasteiger partial charge on any atom is -0.469 e. The van der Waals surface area contributed by atoms with E-state index in [1.54, 1.807) is 6.20 Å². The van der Waals surface area contributed by atoms with Crippen LogP contribution in [0.25, 0.3) is 5.57 Å². The number of aromatic nitrogens is 1. The summed E-state index contributed by atoms with van der Waals surface area (Å²) in [6.45, 7) is 0. The number of hydrogen-bond donors (Lipinski definition) is 1. The molecule has 2 aromatic rings. The molecule has 0 aliphatic carbocycles. The first-order chi connectivity index (χ1) is 11.2. The van der Waals surface area contributed by atoms with Crippen LogP contribution in [-0.4, -0.2) is 25.1 Å². The van der Waals surface area contributed by atoms with Gasteiger partial charge in [-0.25, -0.2) is 0 Å². The highest BCUT2D eigenvalue weighted by Crippen LogP contribution is 2.25. The molecular weight excluding hydrogens is 288 g/mol. The molecule has 2 rings (SSSR count). The lowest BCUT2D eigenvalue weighted by Crippen LogP contribution is -1.99. The van der Waals surface area contributed by atoms with Gasteiger partial charge in [0.05, 0.1) is 7.11 Å². The van der Waals surface area contributed by atoms with Crippen molar-refractivity contribution in [1.82, 2.24) is 4.98 Å². The molecule has 1 heterocycles. The van der Waals surface area contributed by atoms with Crippen molar-refractivity contribution in [2.24, 2.45) is 0 Å². The fraction of sp³-hybridized carbons (Fsp3) is 0.263. The number of allylic oxidation sites excluding steroid dienone is 1. The number of carbonyl (C=O) groups is 1. The minimum atomic E-state index is -0.167. The van der Waals surface area contributed by atoms with Gasteiger partial charge in [0.1, 0.15) is 0 Å². The number of ether oxygens (including phenoxy) is 1. The molecule has 120 valence electrons. The Hall–Kier alpha value is -2.62. The van der Waals surface area contributed by atoms with Crippen LogP contribution in [0.3, 0.4) is 0 Å². The van der Waals surface area contributed by atoms with Gasteiger partial charge < -0.3 is 10.1 Å². The Kier molecular flexibility index (Phi) is 6.36. The van der Waals surface area contributed by atoms with Crippen LogP contribution in [0, 0.1) is 0 Å². The van der Waals surface area contributed by atoms with Crippen molar-refractivity contribution >= 4 is 17.2 Å². The zero-order chi connectivity index (χ0) is 16.5. The van der Waals surface area contributed by atoms with E-state index < -0.39 is 0 Å². The van der Waals surface area contributed by atoms with Crippen molar-refractivity contribution in [2.45, 2.75) is 19.3 Å². The highest BCUT2D eigenvalue weighted by molar-refractivity contribution is 5.80. The summed E-state index contributed by atoms with van der Waals surface area (Å²) in [5.41, 5.74) is 4.41. The normalized spacial score (nSPS) is 11.1. The molecule has 0 radical (unpaired) electrons. The molecular formula is C19H22N2O2. The van der Waals surface area contributed by atoms with Crippen molar-refractivity contribution in [3.8, 4) is 0 Å². The monoisotopic (exact) mass is 310 g/mol. The molecule has 1 N–H and O–H groups in total. The zero-order valence-corrected chi connectivity index (χ0v) is 13.6. The van der Waals surface area contributed by atoms with Crippen LogP contribution in [0.1, 0.15) is 30.4 Å². The van der Waals surface area contributed by atoms with E-state index in [2.05, 4.69) is 33.2 Å². The second-order valence-electron chi connectivity index (χ2n) is 5.16. The first kappa shape index (κ1) is 16.7. The SMILES string of the molecule is CNc1ccc(C(=CCCCC(=O)OC)c2cccnc2)cc1. The number of hydrogen-bond acceptors (Lipinski definition) is 4. The molecule has 23 heavy (non-hydrogen) atoms. The number of nitrogens with zero attached hydrogens (tertiary/aromatic N) is 1. The van der Waals surface area contributed by atoms with Crippen LogP contribution in [0.4, 0.5) is 5.69 Å². The average molecular weight is 310 g/mol. The van der Waals surface area contributed by atoms with Gasteiger partial charge in [0.15, 0.2) is 0 Å². The summed E-state index contributed by atoms with van der Waals surface area (Å²) in [6, 6.07) is 12.3. The number of rotatable bonds is 7. The predicted octanol–water partition coefficient (Wildman–Crippen LogP) is 3.90. The van der Waals surface area contributed by atoms with Gasteiger partial charge in [-0.1, -0.05) is 24.3 Å². The molecule has 0 unspecified atom stereocenters. The first-order valence-electron chi connectivity index (χ1n) is 7.70. The highest BCUT2D eigenvalue weighted by atomic mass is 16.5. The fourth-order valence-electron chi connectivity index (χ4n) is 2.34. The maximum Gasteiger partial charge on any atom is 0.305 e. The van der Waals surface area contributed by atoms with Gasteiger partial charge in [-0.05, 0) is 42.2 Å². The lowest BCUT2D eigenvalue weighted by atomic mass is 9.97. The van der Waals surface area contributed by atoms with Gasteiger partial charge in [0, 0.05) is 37.1 Å². The largest absolute Gasteiger partial charge is 0.469 e. The van der Waals surface area contributed by atoms with Crippen LogP contribution >= 0.6 is 0 Å². The Labute approximate surface area is 137 Å². The third-order valence-electron chi connectivity index (χ3n) is 3.62. The smallest absolute Gasteiger partial charge is 0.305 e. The molecule has 1 aromatic heterocycles. The van der Waals surface area contributed by atoms with E-state index in [1.807, 2.05) is 37.5 Å². The third-order valence-corrected chi connectivity index (χ3v) is 3.62. The van der Waals surface area contributed by atoms with Crippen molar-refractivity contribution in [2.75, 3.05) is 19.5 Å². The van der Waals surface area contributed by atoms with Crippen molar-refractivity contribution < 1.29 is 9.53 Å². The van der Waals surface area contributed by atoms with E-state index >= 15 is 0 Å². The molecule has 0 bridgehead atoms. The Morgan fingerprint density at radius 3 is 2.61 bits per heavy atom. The van der Waals surface area contributed by atoms with E-state index in [-0.39, 0.29) is 5.97 Å². The van der Waals surface area contributed by atoms with E-state index in [0.717, 1.165) is 35.2 Å². The topological polar surface area (TPSA) is 51.2 Å². The Bertz CT molecular complexity index is 649. The second-order valence-corrected chi connectivity index (χ2v) is 5.16. The Morgan fingerprint density at radius 2 is 2.00 bits per heavy atom. The summed E-state index contributed by atoms with van der Waals surface area (Å²) in [5, 5.41) is 3.12. The van der Waals surface area contributed by atoms with Crippen LogP contribution in [0.2, 0.25) is 0 Å². The van der Waals surface area contributed by atoms with E-state index in [0.29, 0.717) is 6.42 Å². The molecule has 4 nitrogen and oxygen atoms in total. The first-order valence-corrected chi connectivity index (χ1v) is 7.70. The number of unbranched alkanes of at least 4 members (excludes halogenated alkanes) is 1. The molecule has 0 spiro atoms. The van der Waals surface area contributed by atoms with Gasteiger partial charge >= 0.3 is 5.97 Å². The van der Waals surface area contributed by atoms with Crippen LogP contribution in [0.15, 0.2) is 54.9 Å². The number of methoxy groups -OCH3 is 1. The summed E-state index contributed by atoms with van der Waals surface area (Å²) in [6.07, 6.45) is 7.80. The number of anilines is 1. The number of pyridine rings is 1. The highest BCUT2D eigenvalue weighted by Gasteiger charge is 2.06. The third kappa shape index (κ3) is 4.95. The molecule has 0 fully saturated rings. The predicted molar refractivity (Wildman–Crippen MR) is 93.2 cm³/mol. The van der Waals surface area contributed by atoms with Crippen LogP contribution < -0.4 is 5.32 Å². The molecule has 0 saturated carbocycles. The van der Waals surface area contributed by atoms with Gasteiger partial charge in [-0.3, -0.25) is 9.78 Å². The van der Waals surface area contributed by atoms with E-state index in [1.165, 1.54) is 7.11 Å². The van der Waals surface area contributed by atoms with Gasteiger partial charge in [0.25, 0.3) is 0 Å². The Balaban J connectivity index is 2.19. The lowest BCUT2D eigenvalue weighted by Gasteiger charge is -2.09. The van der Waals surface area contributed by atoms with Gasteiger partial charge in [-0.15, -0.1) is 0 Å². The number of carbonyl (C=O) groups excluding carboxylic acids is 1. The second kappa shape index (κ2) is 8.73. The van der Waals surface area contributed by atoms with Gasteiger partial charge in [0.2, 0.25) is 0 Å². The van der Waals surface area contributed by atoms with Crippen molar-refractivity contribution in [3.05, 3.63) is 66.0 Å². The summed E-state index contributed by atoms with van der Waals surface area (Å²) in [4.78, 5) is 15.4. The van der Waals surface area contributed by atoms with E-state index in [9.17, 15) is 4.79 Å². The number of esters is 1. The molecule has 0 aliphatic heterocycles. The summed E-state index contributed by atoms with van der Waals surface area (Å²) in [5.74, 6) is -0.167. The maximum atomic E-state index is 11.2. The molecule has 0 aliphatic rings. The molecule has 0 amide bonds. The number of benzene rings is 1. The number of nitrogens with one attached hydrogen (secondary N) is 1. The Morgan fingerprint density at radius 1 is 1.22 bits per heavy atom. The van der Waals surface area contributed by atoms with Gasteiger partial charge in [-0.2, -0.15) is 0 Å². The lowest BCUT2D eigenvalue weighted by molar-refractivity contribution is -0.140. The summed E-state index contributed by atoms with van der Waals surface area (Å²) in [7, 11) is 3.32. The summed E-state index contributed by atoms with van der Waals surface area (Å²) < 4.78 is 4.68. The van der Waals surface area contributed by atoms with E-state index in [4.69, 9.17) is 0 Å². The molecule has 1 aromatic carbocycles. The minimum absolute atomic E-state index is 0.167. The van der Waals surface area contributed by atoms with Crippen LogP contribution in [0.5, 0.6) is 0 Å². The molecule has 4 heteroatoms. The molecule has 0 atom stereocenters.